The van der Waals surface area contributed by atoms with Crippen LogP contribution in [0.4, 0.5) is 11.4 Å². The molecule has 25 heavy (non-hydrogen) atoms. The lowest BCUT2D eigenvalue weighted by atomic mass is 10.0. The molecule has 144 valence electrons. The van der Waals surface area contributed by atoms with Gasteiger partial charge in [-0.3, -0.25) is 4.79 Å². The number of methoxy groups -OCH3 is 1. The summed E-state index contributed by atoms with van der Waals surface area (Å²) in [4.78, 5) is 14.4. The summed E-state index contributed by atoms with van der Waals surface area (Å²) in [7, 11) is 3.80. The Labute approximate surface area is 162 Å². The van der Waals surface area contributed by atoms with E-state index in [4.69, 9.17) is 4.74 Å². The molecule has 1 aliphatic heterocycles. The number of benzene rings is 1. The molecule has 6 nitrogen and oxygen atoms in total. The number of ether oxygens (including phenoxy) is 1. The molecule has 0 radical (unpaired) electrons. The minimum Gasteiger partial charge on any atom is -0.383 e. The van der Waals surface area contributed by atoms with Crippen LogP contribution in [0, 0.1) is 0 Å². The van der Waals surface area contributed by atoms with Gasteiger partial charge < -0.3 is 25.6 Å². The van der Waals surface area contributed by atoms with E-state index < -0.39 is 0 Å². The van der Waals surface area contributed by atoms with E-state index in [0.29, 0.717) is 19.2 Å². The van der Waals surface area contributed by atoms with Crippen molar-refractivity contribution in [3.05, 3.63) is 24.3 Å². The number of hydrogen-bond donors (Lipinski definition) is 3. The maximum Gasteiger partial charge on any atom is 0.238 e. The highest BCUT2D eigenvalue weighted by Crippen LogP contribution is 2.24. The number of piperidine rings is 1. The molecule has 0 unspecified atom stereocenters. The van der Waals surface area contributed by atoms with Gasteiger partial charge in [0.05, 0.1) is 24.5 Å². The monoisotopic (exact) mass is 392 g/mol. The maximum absolute atomic E-state index is 12.0. The van der Waals surface area contributed by atoms with Crippen LogP contribution in [0.25, 0.3) is 0 Å². The SMILES string of the molecule is COCCNCC(=O)Nc1ccccc1NC1CCN(C)CC1.Cl.Cl. The molecule has 0 saturated carbocycles. The van der Waals surface area contributed by atoms with Gasteiger partial charge in [0.15, 0.2) is 0 Å². The Morgan fingerprint density at radius 1 is 1.20 bits per heavy atom. The Morgan fingerprint density at radius 2 is 1.84 bits per heavy atom. The summed E-state index contributed by atoms with van der Waals surface area (Å²) in [5, 5.41) is 9.59. The molecule has 0 bridgehead atoms. The van der Waals surface area contributed by atoms with E-state index in [-0.39, 0.29) is 37.3 Å². The molecule has 0 atom stereocenters. The molecule has 1 aliphatic rings. The Balaban J connectivity index is 0.00000288. The van der Waals surface area contributed by atoms with E-state index in [0.717, 1.165) is 37.3 Å². The van der Waals surface area contributed by atoms with E-state index in [1.165, 1.54) is 0 Å². The van der Waals surface area contributed by atoms with Crippen molar-refractivity contribution >= 4 is 42.1 Å². The number of rotatable bonds is 8. The zero-order chi connectivity index (χ0) is 16.5. The largest absolute Gasteiger partial charge is 0.383 e. The number of hydrogen-bond acceptors (Lipinski definition) is 5. The number of carbonyl (C=O) groups excluding carboxylic acids is 1. The maximum atomic E-state index is 12.0. The van der Waals surface area contributed by atoms with Crippen molar-refractivity contribution in [3.8, 4) is 0 Å². The van der Waals surface area contributed by atoms with Gasteiger partial charge in [-0.2, -0.15) is 0 Å². The topological polar surface area (TPSA) is 65.6 Å². The van der Waals surface area contributed by atoms with Gasteiger partial charge in [0.2, 0.25) is 5.91 Å². The molecule has 1 amide bonds. The van der Waals surface area contributed by atoms with Crippen LogP contribution in [0.5, 0.6) is 0 Å². The number of amides is 1. The predicted molar refractivity (Wildman–Crippen MR) is 108 cm³/mol. The number of nitrogens with one attached hydrogen (secondary N) is 3. The van der Waals surface area contributed by atoms with Gasteiger partial charge in [-0.15, -0.1) is 24.8 Å². The summed E-state index contributed by atoms with van der Waals surface area (Å²) in [6.07, 6.45) is 2.24. The van der Waals surface area contributed by atoms with Gasteiger partial charge >= 0.3 is 0 Å². The number of anilines is 2. The number of para-hydroxylation sites is 2. The van der Waals surface area contributed by atoms with Crippen molar-refractivity contribution in [3.63, 3.8) is 0 Å². The lowest BCUT2D eigenvalue weighted by Gasteiger charge is -2.30. The third-order valence-electron chi connectivity index (χ3n) is 4.05. The van der Waals surface area contributed by atoms with Crippen LogP contribution < -0.4 is 16.0 Å². The van der Waals surface area contributed by atoms with Crippen LogP contribution >= 0.6 is 24.8 Å². The van der Waals surface area contributed by atoms with E-state index in [1.54, 1.807) is 7.11 Å². The van der Waals surface area contributed by atoms with E-state index in [1.807, 2.05) is 24.3 Å². The summed E-state index contributed by atoms with van der Waals surface area (Å²) in [5.41, 5.74) is 1.83. The van der Waals surface area contributed by atoms with Gasteiger partial charge in [-0.05, 0) is 45.1 Å². The quantitative estimate of drug-likeness (QED) is 0.591. The van der Waals surface area contributed by atoms with Crippen LogP contribution in [0.1, 0.15) is 12.8 Å². The van der Waals surface area contributed by atoms with Crippen LogP contribution in [0.3, 0.4) is 0 Å². The average Bonchev–Trinajstić information content (AvgIpc) is 2.55. The number of likely N-dealkylation sites (tertiary alicyclic amines) is 1. The summed E-state index contributed by atoms with van der Waals surface area (Å²) < 4.78 is 4.95. The molecule has 0 aromatic heterocycles. The second-order valence-corrected chi connectivity index (χ2v) is 5.99. The molecule has 0 spiro atoms. The third-order valence-corrected chi connectivity index (χ3v) is 4.05. The molecule has 1 aromatic carbocycles. The minimum atomic E-state index is -0.0428. The number of halogens is 2. The first-order chi connectivity index (χ1) is 11.2. The van der Waals surface area contributed by atoms with Crippen molar-refractivity contribution in [2.75, 3.05) is 57.6 Å². The van der Waals surface area contributed by atoms with Crippen molar-refractivity contribution < 1.29 is 9.53 Å². The van der Waals surface area contributed by atoms with E-state index in [9.17, 15) is 4.79 Å². The Kier molecular flexibility index (Phi) is 12.6. The predicted octanol–water partition coefficient (Wildman–Crippen LogP) is 2.21. The van der Waals surface area contributed by atoms with Crippen LogP contribution in [-0.2, 0) is 9.53 Å². The Morgan fingerprint density at radius 3 is 2.48 bits per heavy atom. The molecule has 8 heteroatoms. The molecule has 1 fully saturated rings. The highest BCUT2D eigenvalue weighted by Gasteiger charge is 2.17. The highest BCUT2D eigenvalue weighted by molar-refractivity contribution is 5.95. The fourth-order valence-corrected chi connectivity index (χ4v) is 2.66. The standard InChI is InChI=1S/C17H28N4O2.2ClH/c1-21-10-7-14(8-11-21)19-15-5-3-4-6-16(15)20-17(22)13-18-9-12-23-2;;/h3-6,14,18-19H,7-13H2,1-2H3,(H,20,22);2*1H. The second-order valence-electron chi connectivity index (χ2n) is 5.99. The van der Waals surface area contributed by atoms with Crippen molar-refractivity contribution in [2.45, 2.75) is 18.9 Å². The molecule has 0 aliphatic carbocycles. The zero-order valence-corrected chi connectivity index (χ0v) is 16.5. The summed E-state index contributed by atoms with van der Waals surface area (Å²) in [6.45, 7) is 3.76. The normalized spacial score (nSPS) is 15.0. The fraction of sp³-hybridized carbons (Fsp3) is 0.588. The lowest BCUT2D eigenvalue weighted by Crippen LogP contribution is -2.37. The molecule has 3 N–H and O–H groups in total. The van der Waals surface area contributed by atoms with Crippen molar-refractivity contribution in [1.82, 2.24) is 10.2 Å². The van der Waals surface area contributed by atoms with Crippen LogP contribution in [0.2, 0.25) is 0 Å². The summed E-state index contributed by atoms with van der Waals surface area (Å²) >= 11 is 0. The van der Waals surface area contributed by atoms with Gasteiger partial charge in [0.1, 0.15) is 0 Å². The van der Waals surface area contributed by atoms with Crippen LogP contribution in [-0.4, -0.2) is 63.8 Å². The third kappa shape index (κ3) is 8.74. The molecule has 2 rings (SSSR count). The van der Waals surface area contributed by atoms with Crippen molar-refractivity contribution in [2.24, 2.45) is 0 Å². The smallest absolute Gasteiger partial charge is 0.238 e. The first-order valence-corrected chi connectivity index (χ1v) is 8.22. The lowest BCUT2D eigenvalue weighted by molar-refractivity contribution is -0.115. The first-order valence-electron chi connectivity index (χ1n) is 8.22. The minimum absolute atomic E-state index is 0. The number of nitrogens with zero attached hydrogens (tertiary/aromatic N) is 1. The van der Waals surface area contributed by atoms with E-state index in [2.05, 4.69) is 27.9 Å². The summed E-state index contributed by atoms with van der Waals surface area (Å²) in [5.74, 6) is -0.0428. The van der Waals surface area contributed by atoms with Gasteiger partial charge in [0.25, 0.3) is 0 Å². The molecular weight excluding hydrogens is 363 g/mol. The van der Waals surface area contributed by atoms with Gasteiger partial charge in [0, 0.05) is 19.7 Å². The van der Waals surface area contributed by atoms with Gasteiger partial charge in [-0.25, -0.2) is 0 Å². The van der Waals surface area contributed by atoms with Crippen molar-refractivity contribution in [1.29, 1.82) is 0 Å². The van der Waals surface area contributed by atoms with E-state index >= 15 is 0 Å². The Hall–Kier alpha value is -1.05. The Bertz CT molecular complexity index is 497. The number of carbonyl (C=O) groups is 1. The molecule has 1 aromatic rings. The second kappa shape index (κ2) is 13.2. The zero-order valence-electron chi connectivity index (χ0n) is 14.9. The average molecular weight is 393 g/mol. The highest BCUT2D eigenvalue weighted by atomic mass is 35.5. The first kappa shape index (κ1) is 23.9. The molecular formula is C17H30Cl2N4O2. The molecule has 1 saturated heterocycles. The van der Waals surface area contributed by atoms with Crippen LogP contribution in [0.15, 0.2) is 24.3 Å². The molecule has 1 heterocycles. The summed E-state index contributed by atoms with van der Waals surface area (Å²) in [6, 6.07) is 8.35. The fourth-order valence-electron chi connectivity index (χ4n) is 2.66. The van der Waals surface area contributed by atoms with Gasteiger partial charge in [-0.1, -0.05) is 12.1 Å².